The van der Waals surface area contributed by atoms with Crippen molar-refractivity contribution in [2.45, 2.75) is 0 Å². The van der Waals surface area contributed by atoms with Crippen LogP contribution in [0.4, 0.5) is 4.79 Å². The molecule has 7 nitrogen and oxygen atoms in total. The Morgan fingerprint density at radius 2 is 1.71 bits per heavy atom. The topological polar surface area (TPSA) is 89.2 Å². The van der Waals surface area contributed by atoms with E-state index in [9.17, 15) is 4.79 Å². The molecule has 14 heavy (non-hydrogen) atoms. The van der Waals surface area contributed by atoms with Crippen molar-refractivity contribution in [1.82, 2.24) is 0 Å². The highest BCUT2D eigenvalue weighted by molar-refractivity contribution is 6.60. The Morgan fingerprint density at radius 1 is 1.21 bits per heavy atom. The van der Waals surface area contributed by atoms with E-state index in [2.05, 4.69) is 4.74 Å². The maximum Gasteiger partial charge on any atom is 0.527 e. The van der Waals surface area contributed by atoms with Gasteiger partial charge in [-0.3, -0.25) is 0 Å². The van der Waals surface area contributed by atoms with Gasteiger partial charge in [-0.25, -0.2) is 4.79 Å². The van der Waals surface area contributed by atoms with Crippen LogP contribution >= 0.6 is 0 Å². The van der Waals surface area contributed by atoms with E-state index in [1.54, 1.807) is 0 Å². The molecule has 0 spiro atoms. The molecule has 0 aliphatic rings. The smallest absolute Gasteiger partial charge is 0.423 e. The molecule has 0 heterocycles. The normalized spacial score (nSPS) is 11.4. The number of carbonyl (C=O) groups excluding carboxylic acids is 1. The highest BCUT2D eigenvalue weighted by atomic mass is 28.4. The second-order valence-electron chi connectivity index (χ2n) is 2.23. The Labute approximate surface area is 83.4 Å². The summed E-state index contributed by atoms with van der Waals surface area (Å²) >= 11 is 0. The summed E-state index contributed by atoms with van der Waals surface area (Å²) in [7, 11) is 1.62. The maximum absolute atomic E-state index is 10.2. The summed E-state index contributed by atoms with van der Waals surface area (Å²) in [4.78, 5) is 10.2. The van der Waals surface area contributed by atoms with Crippen molar-refractivity contribution in [3.8, 4) is 0 Å². The first-order chi connectivity index (χ1) is 6.60. The van der Waals surface area contributed by atoms with Crippen LogP contribution in [-0.4, -0.2) is 49.3 Å². The standard InChI is InChI=1S/C6H15NO6Si/c1-9-14(10-2,11-3)5-12-4-13-6(7)8/h4-5H2,1-3H3,(H2,7,8). The van der Waals surface area contributed by atoms with Crippen molar-refractivity contribution in [2.75, 3.05) is 34.4 Å². The summed E-state index contributed by atoms with van der Waals surface area (Å²) in [5.41, 5.74) is 4.72. The summed E-state index contributed by atoms with van der Waals surface area (Å²) in [6.07, 6.45) is -0.812. The fraction of sp³-hybridized carbons (Fsp3) is 0.833. The first-order valence-electron chi connectivity index (χ1n) is 3.75. The van der Waals surface area contributed by atoms with Crippen molar-refractivity contribution in [1.29, 1.82) is 0 Å². The van der Waals surface area contributed by atoms with Gasteiger partial charge in [-0.15, -0.1) is 0 Å². The second kappa shape index (κ2) is 6.73. The minimum Gasteiger partial charge on any atom is -0.423 e. The van der Waals surface area contributed by atoms with Crippen LogP contribution in [0.1, 0.15) is 0 Å². The number of nitrogens with two attached hydrogens (primary N) is 1. The number of rotatable bonds is 7. The molecule has 0 saturated heterocycles. The lowest BCUT2D eigenvalue weighted by Crippen LogP contribution is -2.48. The zero-order chi connectivity index (χ0) is 11.0. The Kier molecular flexibility index (Phi) is 6.41. The molecule has 0 unspecified atom stereocenters. The molecule has 0 aliphatic heterocycles. The average molecular weight is 225 g/mol. The van der Waals surface area contributed by atoms with Crippen LogP contribution in [0.2, 0.25) is 0 Å². The zero-order valence-corrected chi connectivity index (χ0v) is 9.44. The highest BCUT2D eigenvalue weighted by Gasteiger charge is 2.38. The largest absolute Gasteiger partial charge is 0.527 e. The Bertz CT molecular complexity index is 165. The van der Waals surface area contributed by atoms with Gasteiger partial charge in [0.05, 0.1) is 0 Å². The summed E-state index contributed by atoms with van der Waals surface area (Å²) in [5, 5.41) is 0. The Hall–Kier alpha value is -0.673. The minimum absolute atomic E-state index is 0.0871. The van der Waals surface area contributed by atoms with Gasteiger partial charge in [0.2, 0.25) is 0 Å². The van der Waals surface area contributed by atoms with Gasteiger partial charge in [0, 0.05) is 21.3 Å². The van der Waals surface area contributed by atoms with E-state index in [1.165, 1.54) is 21.3 Å². The summed E-state index contributed by atoms with van der Waals surface area (Å²) in [6.45, 7) is -0.250. The number of ether oxygens (including phenoxy) is 2. The van der Waals surface area contributed by atoms with E-state index in [0.29, 0.717) is 0 Å². The third-order valence-electron chi connectivity index (χ3n) is 1.50. The van der Waals surface area contributed by atoms with E-state index < -0.39 is 14.9 Å². The molecule has 0 aliphatic carbocycles. The summed E-state index contributed by atoms with van der Waals surface area (Å²) in [5.74, 6) is 0. The number of carbonyl (C=O) groups is 1. The van der Waals surface area contributed by atoms with Crippen molar-refractivity contribution in [2.24, 2.45) is 5.73 Å². The van der Waals surface area contributed by atoms with Crippen molar-refractivity contribution in [3.05, 3.63) is 0 Å². The van der Waals surface area contributed by atoms with E-state index >= 15 is 0 Å². The molecular weight excluding hydrogens is 210 g/mol. The average Bonchev–Trinajstić information content (AvgIpc) is 2.19. The van der Waals surface area contributed by atoms with E-state index in [0.717, 1.165) is 0 Å². The molecule has 2 N–H and O–H groups in total. The van der Waals surface area contributed by atoms with Gasteiger partial charge in [-0.2, -0.15) is 0 Å². The summed E-state index contributed by atoms with van der Waals surface area (Å²) in [6, 6.07) is 0. The zero-order valence-electron chi connectivity index (χ0n) is 8.44. The van der Waals surface area contributed by atoms with Gasteiger partial charge in [0.15, 0.2) is 6.79 Å². The van der Waals surface area contributed by atoms with Crippen LogP contribution in [0.25, 0.3) is 0 Å². The molecule has 0 atom stereocenters. The lowest BCUT2D eigenvalue weighted by molar-refractivity contribution is -0.0196. The first kappa shape index (κ1) is 13.3. The lowest BCUT2D eigenvalue weighted by Gasteiger charge is -2.23. The molecule has 0 fully saturated rings. The van der Waals surface area contributed by atoms with Crippen molar-refractivity contribution >= 4 is 14.9 Å². The molecule has 0 radical (unpaired) electrons. The first-order valence-corrected chi connectivity index (χ1v) is 5.69. The van der Waals surface area contributed by atoms with Crippen LogP contribution in [0.5, 0.6) is 0 Å². The molecule has 0 saturated carbocycles. The molecule has 84 valence electrons. The van der Waals surface area contributed by atoms with Gasteiger partial charge >= 0.3 is 14.9 Å². The molecular formula is C6H15NO6Si. The monoisotopic (exact) mass is 225 g/mol. The predicted octanol–water partition coefficient (Wildman–Crippen LogP) is -0.527. The quantitative estimate of drug-likeness (QED) is 0.356. The van der Waals surface area contributed by atoms with E-state index in [4.69, 9.17) is 23.7 Å². The van der Waals surface area contributed by atoms with Gasteiger partial charge in [-0.1, -0.05) is 0 Å². The number of amides is 1. The van der Waals surface area contributed by atoms with Crippen LogP contribution in [0, 0.1) is 0 Å². The Balaban J connectivity index is 3.77. The molecule has 0 aromatic rings. The van der Waals surface area contributed by atoms with Crippen LogP contribution in [0.15, 0.2) is 0 Å². The van der Waals surface area contributed by atoms with E-state index in [1.807, 2.05) is 0 Å². The van der Waals surface area contributed by atoms with Crippen LogP contribution < -0.4 is 5.73 Å². The van der Waals surface area contributed by atoms with Crippen LogP contribution in [-0.2, 0) is 22.8 Å². The fourth-order valence-electron chi connectivity index (χ4n) is 0.693. The molecule has 8 heteroatoms. The number of hydrogen-bond acceptors (Lipinski definition) is 6. The van der Waals surface area contributed by atoms with Gasteiger partial charge < -0.3 is 28.5 Å². The third kappa shape index (κ3) is 4.53. The third-order valence-corrected chi connectivity index (χ3v) is 3.92. The van der Waals surface area contributed by atoms with E-state index in [-0.39, 0.29) is 13.0 Å². The fourth-order valence-corrected chi connectivity index (χ4v) is 1.88. The number of primary amides is 1. The summed E-state index contributed by atoms with van der Waals surface area (Å²) < 4.78 is 24.4. The molecule has 0 aromatic carbocycles. The minimum atomic E-state index is -2.74. The van der Waals surface area contributed by atoms with Crippen molar-refractivity contribution in [3.63, 3.8) is 0 Å². The maximum atomic E-state index is 10.2. The predicted molar refractivity (Wildman–Crippen MR) is 48.3 cm³/mol. The molecule has 0 bridgehead atoms. The van der Waals surface area contributed by atoms with Gasteiger partial charge in [0.25, 0.3) is 0 Å². The highest BCUT2D eigenvalue weighted by Crippen LogP contribution is 2.05. The molecule has 0 aromatic heterocycles. The van der Waals surface area contributed by atoms with Crippen LogP contribution in [0.3, 0.4) is 0 Å². The van der Waals surface area contributed by atoms with Gasteiger partial charge in [-0.05, 0) is 0 Å². The number of hydrogen-bond donors (Lipinski definition) is 1. The molecule has 0 rings (SSSR count). The second-order valence-corrected chi connectivity index (χ2v) is 5.10. The van der Waals surface area contributed by atoms with Gasteiger partial charge in [0.1, 0.15) is 6.23 Å². The SMILES string of the molecule is CO[Si](COCOC(N)=O)(OC)OC. The Morgan fingerprint density at radius 3 is 2.07 bits per heavy atom. The molecule has 1 amide bonds. The lowest BCUT2D eigenvalue weighted by atomic mass is 11.2. The van der Waals surface area contributed by atoms with Crippen molar-refractivity contribution < 1.29 is 27.5 Å².